The molecule has 2 rings (SSSR count). The van der Waals surface area contributed by atoms with Gasteiger partial charge in [0.15, 0.2) is 0 Å². The van der Waals surface area contributed by atoms with Crippen LogP contribution >= 0.6 is 0 Å². The number of carbonyl (C=O) groups is 1. The van der Waals surface area contributed by atoms with E-state index < -0.39 is 5.97 Å². The van der Waals surface area contributed by atoms with Crippen molar-refractivity contribution in [2.24, 2.45) is 11.8 Å². The van der Waals surface area contributed by atoms with Crippen molar-refractivity contribution >= 4 is 5.97 Å². The van der Waals surface area contributed by atoms with E-state index in [9.17, 15) is 4.79 Å². The van der Waals surface area contributed by atoms with E-state index in [0.29, 0.717) is 6.04 Å². The first kappa shape index (κ1) is 15.8. The highest BCUT2D eigenvalue weighted by atomic mass is 16.4. The van der Waals surface area contributed by atoms with Crippen molar-refractivity contribution < 1.29 is 9.90 Å². The number of likely N-dealkylation sites (N-methyl/N-ethyl adjacent to an activating group) is 1. The molecule has 0 amide bonds. The smallest absolute Gasteiger partial charge is 0.317 e. The summed E-state index contributed by atoms with van der Waals surface area (Å²) in [5, 5.41) is 8.86. The molecule has 2 aliphatic rings. The summed E-state index contributed by atoms with van der Waals surface area (Å²) in [5.74, 6) is 1.05. The molecule has 1 saturated heterocycles. The Balaban J connectivity index is 1.72. The topological polar surface area (TPSA) is 43.8 Å². The fourth-order valence-electron chi connectivity index (χ4n) is 3.88. The molecule has 2 fully saturated rings. The van der Waals surface area contributed by atoms with Gasteiger partial charge in [0, 0.05) is 12.6 Å². The highest BCUT2D eigenvalue weighted by molar-refractivity contribution is 5.69. The van der Waals surface area contributed by atoms with E-state index in [4.69, 9.17) is 5.11 Å². The number of carboxylic acids is 1. The van der Waals surface area contributed by atoms with Crippen LogP contribution in [0.5, 0.6) is 0 Å². The van der Waals surface area contributed by atoms with Crippen LogP contribution in [0.4, 0.5) is 0 Å². The molecule has 2 unspecified atom stereocenters. The summed E-state index contributed by atoms with van der Waals surface area (Å²) >= 11 is 0. The molecule has 0 aromatic rings. The molecular weight excluding hydrogens is 252 g/mol. The Morgan fingerprint density at radius 2 is 1.85 bits per heavy atom. The Morgan fingerprint density at radius 3 is 2.45 bits per heavy atom. The summed E-state index contributed by atoms with van der Waals surface area (Å²) in [6.45, 7) is 6.12. The minimum atomic E-state index is -0.717. The summed E-state index contributed by atoms with van der Waals surface area (Å²) < 4.78 is 0. The molecule has 0 bridgehead atoms. The maximum absolute atomic E-state index is 10.8. The van der Waals surface area contributed by atoms with Crippen LogP contribution in [-0.2, 0) is 4.79 Å². The van der Waals surface area contributed by atoms with Crippen molar-refractivity contribution in [1.29, 1.82) is 0 Å². The summed E-state index contributed by atoms with van der Waals surface area (Å²) in [4.78, 5) is 15.4. The number of rotatable bonds is 5. The second-order valence-corrected chi connectivity index (χ2v) is 6.86. The Labute approximate surface area is 123 Å². The Bertz CT molecular complexity index is 314. The van der Waals surface area contributed by atoms with E-state index in [0.717, 1.165) is 37.8 Å². The molecule has 0 aromatic carbocycles. The first-order valence-electron chi connectivity index (χ1n) is 8.20. The highest BCUT2D eigenvalue weighted by Gasteiger charge is 2.27. The number of hydrogen-bond acceptors (Lipinski definition) is 3. The van der Waals surface area contributed by atoms with Crippen LogP contribution in [0.2, 0.25) is 0 Å². The fourth-order valence-corrected chi connectivity index (χ4v) is 3.88. The van der Waals surface area contributed by atoms with E-state index in [2.05, 4.69) is 11.8 Å². The summed E-state index contributed by atoms with van der Waals surface area (Å²) in [5.41, 5.74) is 0. The molecule has 1 N–H and O–H groups in total. The molecule has 4 heteroatoms. The van der Waals surface area contributed by atoms with Gasteiger partial charge in [-0.1, -0.05) is 26.2 Å². The number of carboxylic acid groups (broad SMARTS) is 1. The number of hydrogen-bond donors (Lipinski definition) is 1. The lowest BCUT2D eigenvalue weighted by molar-refractivity contribution is -0.138. The molecular formula is C16H30N2O2. The van der Waals surface area contributed by atoms with E-state index in [1.165, 1.54) is 32.2 Å². The van der Waals surface area contributed by atoms with Gasteiger partial charge in [0.25, 0.3) is 0 Å². The van der Waals surface area contributed by atoms with Crippen molar-refractivity contribution in [2.45, 2.75) is 51.5 Å². The third kappa shape index (κ3) is 4.45. The molecule has 1 saturated carbocycles. The van der Waals surface area contributed by atoms with Crippen LogP contribution in [0.3, 0.4) is 0 Å². The minimum Gasteiger partial charge on any atom is -0.480 e. The second-order valence-electron chi connectivity index (χ2n) is 6.86. The maximum atomic E-state index is 10.8. The number of nitrogens with zero attached hydrogens (tertiary/aromatic N) is 2. The summed E-state index contributed by atoms with van der Waals surface area (Å²) in [6, 6.07) is 0.450. The van der Waals surface area contributed by atoms with Crippen LogP contribution in [-0.4, -0.2) is 60.1 Å². The zero-order valence-corrected chi connectivity index (χ0v) is 13.1. The molecule has 2 atom stereocenters. The Morgan fingerprint density at radius 1 is 1.20 bits per heavy atom. The largest absolute Gasteiger partial charge is 0.480 e. The van der Waals surface area contributed by atoms with Crippen molar-refractivity contribution in [2.75, 3.05) is 33.2 Å². The maximum Gasteiger partial charge on any atom is 0.317 e. The van der Waals surface area contributed by atoms with E-state index >= 15 is 0 Å². The van der Waals surface area contributed by atoms with Crippen LogP contribution in [0.25, 0.3) is 0 Å². The summed E-state index contributed by atoms with van der Waals surface area (Å²) in [6.07, 6.45) is 7.87. The molecule has 1 heterocycles. The summed E-state index contributed by atoms with van der Waals surface area (Å²) in [7, 11) is 1.94. The quantitative estimate of drug-likeness (QED) is 0.840. The lowest BCUT2D eigenvalue weighted by Crippen LogP contribution is -2.46. The first-order valence-corrected chi connectivity index (χ1v) is 8.20. The number of aliphatic carboxylic acids is 1. The van der Waals surface area contributed by atoms with Gasteiger partial charge in [0.2, 0.25) is 0 Å². The van der Waals surface area contributed by atoms with Crippen molar-refractivity contribution in [3.63, 3.8) is 0 Å². The molecule has 1 aliphatic heterocycles. The number of piperidine rings is 1. The standard InChI is InChI=1S/C16H30N2O2/c1-13-5-3-4-6-14(13)11-18-9-7-15(8-10-18)17(2)12-16(19)20/h13-15H,3-12H2,1-2H3,(H,19,20). The molecule has 4 nitrogen and oxygen atoms in total. The van der Waals surface area contributed by atoms with Crippen LogP contribution in [0.15, 0.2) is 0 Å². The molecule has 1 aliphatic carbocycles. The second kappa shape index (κ2) is 7.41. The molecule has 116 valence electrons. The lowest BCUT2D eigenvalue weighted by Gasteiger charge is -2.39. The Hall–Kier alpha value is -0.610. The average Bonchev–Trinajstić information content (AvgIpc) is 2.41. The molecule has 0 spiro atoms. The predicted molar refractivity (Wildman–Crippen MR) is 80.8 cm³/mol. The lowest BCUT2D eigenvalue weighted by atomic mass is 9.80. The van der Waals surface area contributed by atoms with Gasteiger partial charge >= 0.3 is 5.97 Å². The van der Waals surface area contributed by atoms with Gasteiger partial charge in [-0.25, -0.2) is 0 Å². The fraction of sp³-hybridized carbons (Fsp3) is 0.938. The average molecular weight is 282 g/mol. The Kier molecular flexibility index (Phi) is 5.85. The molecule has 20 heavy (non-hydrogen) atoms. The molecule has 0 radical (unpaired) electrons. The van der Waals surface area contributed by atoms with Crippen molar-refractivity contribution in [3.05, 3.63) is 0 Å². The zero-order chi connectivity index (χ0) is 14.5. The van der Waals surface area contributed by atoms with Gasteiger partial charge in [0.05, 0.1) is 6.54 Å². The van der Waals surface area contributed by atoms with E-state index in [1.54, 1.807) is 0 Å². The van der Waals surface area contributed by atoms with Gasteiger partial charge in [0.1, 0.15) is 0 Å². The van der Waals surface area contributed by atoms with Gasteiger partial charge in [-0.15, -0.1) is 0 Å². The van der Waals surface area contributed by atoms with Gasteiger partial charge in [-0.05, 0) is 51.2 Å². The zero-order valence-electron chi connectivity index (χ0n) is 13.1. The van der Waals surface area contributed by atoms with Crippen LogP contribution < -0.4 is 0 Å². The SMILES string of the molecule is CC1CCCCC1CN1CCC(N(C)CC(=O)O)CC1. The third-order valence-corrected chi connectivity index (χ3v) is 5.35. The minimum absolute atomic E-state index is 0.171. The van der Waals surface area contributed by atoms with Gasteiger partial charge in [-0.2, -0.15) is 0 Å². The highest BCUT2D eigenvalue weighted by Crippen LogP contribution is 2.31. The number of likely N-dealkylation sites (tertiary alicyclic amines) is 1. The van der Waals surface area contributed by atoms with E-state index in [-0.39, 0.29) is 6.54 Å². The van der Waals surface area contributed by atoms with Crippen molar-refractivity contribution in [1.82, 2.24) is 9.80 Å². The van der Waals surface area contributed by atoms with Crippen LogP contribution in [0, 0.1) is 11.8 Å². The molecule has 0 aromatic heterocycles. The predicted octanol–water partition coefficient (Wildman–Crippen LogP) is 2.29. The van der Waals surface area contributed by atoms with Crippen molar-refractivity contribution in [3.8, 4) is 0 Å². The van der Waals surface area contributed by atoms with E-state index in [1.807, 2.05) is 11.9 Å². The monoisotopic (exact) mass is 282 g/mol. The van der Waals surface area contributed by atoms with Gasteiger partial charge < -0.3 is 10.0 Å². The van der Waals surface area contributed by atoms with Crippen LogP contribution in [0.1, 0.15) is 45.4 Å². The van der Waals surface area contributed by atoms with Gasteiger partial charge in [-0.3, -0.25) is 9.69 Å². The normalized spacial score (nSPS) is 29.8. The first-order chi connectivity index (χ1) is 9.56. The third-order valence-electron chi connectivity index (χ3n) is 5.35.